The first kappa shape index (κ1) is 16.0. The number of rotatable bonds is 6. The quantitative estimate of drug-likeness (QED) is 0.844. The van der Waals surface area contributed by atoms with E-state index in [0.29, 0.717) is 24.7 Å². The van der Waals surface area contributed by atoms with Gasteiger partial charge in [-0.3, -0.25) is 10.1 Å². The Morgan fingerprint density at radius 1 is 1.28 bits per heavy atom. The lowest BCUT2D eigenvalue weighted by atomic mass is 9.81. The van der Waals surface area contributed by atoms with E-state index in [-0.39, 0.29) is 17.9 Å². The van der Waals surface area contributed by atoms with Gasteiger partial charge in [-0.15, -0.1) is 0 Å². The van der Waals surface area contributed by atoms with Gasteiger partial charge in [-0.25, -0.2) is 4.98 Å². The zero-order valence-corrected chi connectivity index (χ0v) is 14.5. The number of aromatic nitrogens is 2. The molecule has 4 rings (SSSR count). The van der Waals surface area contributed by atoms with Crippen LogP contribution >= 0.6 is 0 Å². The molecule has 2 aliphatic carbocycles. The Balaban J connectivity index is 1.29. The van der Waals surface area contributed by atoms with Crippen LogP contribution in [0.25, 0.3) is 0 Å². The SMILES string of the molecule is COc1ccc(C)cc1OC1CC(C(=O)Nc2nc(C3CC3)c[nH]2)C1. The zero-order chi connectivity index (χ0) is 17.4. The van der Waals surface area contributed by atoms with Crippen LogP contribution in [0.4, 0.5) is 5.95 Å². The van der Waals surface area contributed by atoms with Gasteiger partial charge < -0.3 is 14.5 Å². The number of nitrogens with one attached hydrogen (secondary N) is 2. The standard InChI is InChI=1S/C19H23N3O3/c1-11-3-6-16(24-2)17(7-11)25-14-8-13(9-14)18(23)22-19-20-10-15(21-19)12-4-5-12/h3,6-7,10,12-14H,4-5,8-9H2,1-2H3,(H2,20,21,22,23). The van der Waals surface area contributed by atoms with Crippen LogP contribution < -0.4 is 14.8 Å². The molecule has 2 saturated carbocycles. The first-order chi connectivity index (χ1) is 12.1. The highest BCUT2D eigenvalue weighted by atomic mass is 16.5. The van der Waals surface area contributed by atoms with Crippen molar-refractivity contribution in [1.29, 1.82) is 0 Å². The number of aromatic amines is 1. The lowest BCUT2D eigenvalue weighted by Crippen LogP contribution is -2.41. The van der Waals surface area contributed by atoms with E-state index in [1.807, 2.05) is 31.3 Å². The van der Waals surface area contributed by atoms with E-state index in [9.17, 15) is 4.79 Å². The van der Waals surface area contributed by atoms with E-state index >= 15 is 0 Å². The van der Waals surface area contributed by atoms with Crippen molar-refractivity contribution in [3.8, 4) is 11.5 Å². The largest absolute Gasteiger partial charge is 0.493 e. The number of ether oxygens (including phenoxy) is 2. The van der Waals surface area contributed by atoms with Gasteiger partial charge in [0.1, 0.15) is 6.10 Å². The molecule has 6 nitrogen and oxygen atoms in total. The van der Waals surface area contributed by atoms with Gasteiger partial charge in [0, 0.05) is 18.0 Å². The Morgan fingerprint density at radius 2 is 2.08 bits per heavy atom. The van der Waals surface area contributed by atoms with Gasteiger partial charge in [0.25, 0.3) is 0 Å². The highest BCUT2D eigenvalue weighted by Gasteiger charge is 2.37. The van der Waals surface area contributed by atoms with Crippen molar-refractivity contribution >= 4 is 11.9 Å². The maximum absolute atomic E-state index is 12.3. The minimum Gasteiger partial charge on any atom is -0.493 e. The lowest BCUT2D eigenvalue weighted by Gasteiger charge is -2.34. The highest BCUT2D eigenvalue weighted by molar-refractivity contribution is 5.91. The molecule has 0 bridgehead atoms. The van der Waals surface area contributed by atoms with Crippen LogP contribution in [0.2, 0.25) is 0 Å². The van der Waals surface area contributed by atoms with Gasteiger partial charge in [-0.05, 0) is 50.3 Å². The third-order valence-corrected chi connectivity index (χ3v) is 4.91. The molecule has 2 aromatic rings. The summed E-state index contributed by atoms with van der Waals surface area (Å²) in [5.41, 5.74) is 2.17. The van der Waals surface area contributed by atoms with Gasteiger partial charge in [0.15, 0.2) is 11.5 Å². The highest BCUT2D eigenvalue weighted by Crippen LogP contribution is 2.39. The number of imidazole rings is 1. The molecule has 1 aromatic carbocycles. The van der Waals surface area contributed by atoms with Crippen LogP contribution in [0.1, 0.15) is 42.9 Å². The molecule has 1 amide bonds. The predicted octanol–water partition coefficient (Wildman–Crippen LogP) is 3.40. The Bertz CT molecular complexity index is 776. The summed E-state index contributed by atoms with van der Waals surface area (Å²) in [6.07, 6.45) is 5.75. The summed E-state index contributed by atoms with van der Waals surface area (Å²) >= 11 is 0. The second-order valence-electron chi connectivity index (χ2n) is 7.00. The number of hydrogen-bond acceptors (Lipinski definition) is 4. The number of hydrogen-bond donors (Lipinski definition) is 2. The summed E-state index contributed by atoms with van der Waals surface area (Å²) in [5, 5.41) is 2.88. The van der Waals surface area contributed by atoms with Gasteiger partial charge in [-0.1, -0.05) is 6.07 Å². The summed E-state index contributed by atoms with van der Waals surface area (Å²) in [7, 11) is 1.63. The molecule has 6 heteroatoms. The minimum absolute atomic E-state index is 0.00718. The minimum atomic E-state index is -0.0321. The molecule has 1 heterocycles. The normalized spacial score (nSPS) is 22.2. The number of methoxy groups -OCH3 is 1. The van der Waals surface area contributed by atoms with Gasteiger partial charge in [-0.2, -0.15) is 0 Å². The topological polar surface area (TPSA) is 76.2 Å². The average molecular weight is 341 g/mol. The smallest absolute Gasteiger partial charge is 0.230 e. The van der Waals surface area contributed by atoms with E-state index in [4.69, 9.17) is 9.47 Å². The fraction of sp³-hybridized carbons (Fsp3) is 0.474. The first-order valence-corrected chi connectivity index (χ1v) is 8.80. The number of benzene rings is 1. The molecule has 0 unspecified atom stereocenters. The molecular weight excluding hydrogens is 318 g/mol. The molecule has 0 spiro atoms. The second-order valence-corrected chi connectivity index (χ2v) is 7.00. The third kappa shape index (κ3) is 3.48. The summed E-state index contributed by atoms with van der Waals surface area (Å²) < 4.78 is 11.3. The summed E-state index contributed by atoms with van der Waals surface area (Å²) in [6.45, 7) is 2.02. The monoisotopic (exact) mass is 341 g/mol. The molecule has 2 N–H and O–H groups in total. The van der Waals surface area contributed by atoms with Crippen molar-refractivity contribution in [3.63, 3.8) is 0 Å². The van der Waals surface area contributed by atoms with Crippen LogP contribution in [0.5, 0.6) is 11.5 Å². The number of carbonyl (C=O) groups excluding carboxylic acids is 1. The number of aryl methyl sites for hydroxylation is 1. The first-order valence-electron chi connectivity index (χ1n) is 8.80. The summed E-state index contributed by atoms with van der Waals surface area (Å²) in [4.78, 5) is 19.8. The van der Waals surface area contributed by atoms with Crippen molar-refractivity contribution in [2.24, 2.45) is 5.92 Å². The van der Waals surface area contributed by atoms with E-state index < -0.39 is 0 Å². The van der Waals surface area contributed by atoms with E-state index in [0.717, 1.165) is 22.8 Å². The second kappa shape index (κ2) is 6.43. The third-order valence-electron chi connectivity index (χ3n) is 4.91. The summed E-state index contributed by atoms with van der Waals surface area (Å²) in [6, 6.07) is 5.86. The number of amides is 1. The molecule has 0 saturated heterocycles. The van der Waals surface area contributed by atoms with Crippen molar-refractivity contribution in [2.45, 2.75) is 44.6 Å². The van der Waals surface area contributed by atoms with E-state index in [2.05, 4.69) is 15.3 Å². The van der Waals surface area contributed by atoms with Crippen molar-refractivity contribution < 1.29 is 14.3 Å². The maximum atomic E-state index is 12.3. The Labute approximate surface area is 146 Å². The van der Waals surface area contributed by atoms with Crippen LogP contribution in [-0.4, -0.2) is 29.1 Å². The van der Waals surface area contributed by atoms with Crippen LogP contribution in [-0.2, 0) is 4.79 Å². The Morgan fingerprint density at radius 3 is 2.80 bits per heavy atom. The molecule has 0 radical (unpaired) electrons. The Hall–Kier alpha value is -2.50. The molecule has 0 aliphatic heterocycles. The maximum Gasteiger partial charge on any atom is 0.230 e. The number of anilines is 1. The molecule has 132 valence electrons. The predicted molar refractivity (Wildman–Crippen MR) is 94.1 cm³/mol. The van der Waals surface area contributed by atoms with Crippen molar-refractivity contribution in [1.82, 2.24) is 9.97 Å². The van der Waals surface area contributed by atoms with Gasteiger partial charge in [0.05, 0.1) is 12.8 Å². The fourth-order valence-electron chi connectivity index (χ4n) is 3.14. The van der Waals surface area contributed by atoms with E-state index in [1.165, 1.54) is 12.8 Å². The molecule has 0 atom stereocenters. The lowest BCUT2D eigenvalue weighted by molar-refractivity contribution is -0.125. The summed E-state index contributed by atoms with van der Waals surface area (Å²) in [5.74, 6) is 2.57. The van der Waals surface area contributed by atoms with Crippen LogP contribution in [0.3, 0.4) is 0 Å². The molecular formula is C19H23N3O3. The van der Waals surface area contributed by atoms with Gasteiger partial charge >= 0.3 is 0 Å². The molecule has 1 aromatic heterocycles. The van der Waals surface area contributed by atoms with Crippen molar-refractivity contribution in [3.05, 3.63) is 35.7 Å². The number of H-pyrrole nitrogens is 1. The molecule has 2 aliphatic rings. The zero-order valence-electron chi connectivity index (χ0n) is 14.5. The van der Waals surface area contributed by atoms with E-state index in [1.54, 1.807) is 7.11 Å². The number of carbonyl (C=O) groups is 1. The van der Waals surface area contributed by atoms with Gasteiger partial charge in [0.2, 0.25) is 11.9 Å². The van der Waals surface area contributed by atoms with Crippen molar-refractivity contribution in [2.75, 3.05) is 12.4 Å². The Kier molecular flexibility index (Phi) is 4.11. The van der Waals surface area contributed by atoms with Crippen LogP contribution in [0, 0.1) is 12.8 Å². The number of nitrogens with zero attached hydrogens (tertiary/aromatic N) is 1. The fourth-order valence-corrected chi connectivity index (χ4v) is 3.14. The average Bonchev–Trinajstić information content (AvgIpc) is 3.30. The molecule has 2 fully saturated rings. The van der Waals surface area contributed by atoms with Crippen LogP contribution in [0.15, 0.2) is 24.4 Å². The molecule has 25 heavy (non-hydrogen) atoms.